The number of nitrogens with zero attached hydrogens (tertiary/aromatic N) is 2. The number of thiazole rings is 1. The van der Waals surface area contributed by atoms with Crippen LogP contribution in [0.1, 0.15) is 37.9 Å². The number of hydrogen-bond acceptors (Lipinski definition) is 8. The van der Waals surface area contributed by atoms with E-state index >= 15 is 0 Å². The number of esters is 1. The van der Waals surface area contributed by atoms with Gasteiger partial charge in [0.05, 0.1) is 43.1 Å². The average Bonchev–Trinajstić information content (AvgIpc) is 3.20. The van der Waals surface area contributed by atoms with E-state index in [-0.39, 0.29) is 11.1 Å². The fraction of sp³-hybridized carbons (Fsp3) is 0.296. The zero-order valence-electron chi connectivity index (χ0n) is 20.6. The summed E-state index contributed by atoms with van der Waals surface area (Å²) in [4.78, 5) is 31.3. The van der Waals surface area contributed by atoms with Crippen LogP contribution < -0.4 is 29.1 Å². The predicted octanol–water partition coefficient (Wildman–Crippen LogP) is 3.21. The molecule has 0 N–H and O–H groups in total. The molecule has 0 spiro atoms. The largest absolute Gasteiger partial charge is 0.493 e. The molecule has 4 rings (SSSR count). The average molecular weight is 509 g/mol. The van der Waals surface area contributed by atoms with Crippen molar-refractivity contribution in [3.05, 3.63) is 85.1 Å². The molecule has 1 atom stereocenters. The Morgan fingerprint density at radius 2 is 1.69 bits per heavy atom. The number of fused-ring (bicyclic) bond motifs is 1. The molecule has 188 valence electrons. The van der Waals surface area contributed by atoms with Gasteiger partial charge in [-0.2, -0.15) is 0 Å². The fourth-order valence-corrected chi connectivity index (χ4v) is 4.98. The maximum Gasteiger partial charge on any atom is 0.337 e. The Bertz CT molecular complexity index is 1470. The lowest BCUT2D eigenvalue weighted by Gasteiger charge is -2.23. The molecule has 0 saturated heterocycles. The van der Waals surface area contributed by atoms with Crippen LogP contribution in [0.5, 0.6) is 17.2 Å². The molecule has 0 amide bonds. The summed E-state index contributed by atoms with van der Waals surface area (Å²) in [6.07, 6.45) is 3.26. The van der Waals surface area contributed by atoms with Gasteiger partial charge in [0.25, 0.3) is 5.56 Å². The molecular formula is C27H28N2O6S. The molecule has 9 heteroatoms. The van der Waals surface area contributed by atoms with E-state index in [0.717, 1.165) is 5.56 Å². The number of aromatic nitrogens is 1. The molecule has 0 bridgehead atoms. The van der Waals surface area contributed by atoms with Crippen LogP contribution in [-0.2, 0) is 9.53 Å². The van der Waals surface area contributed by atoms with Gasteiger partial charge >= 0.3 is 5.97 Å². The van der Waals surface area contributed by atoms with Gasteiger partial charge in [0.2, 0.25) is 0 Å². The first-order chi connectivity index (χ1) is 17.5. The van der Waals surface area contributed by atoms with Gasteiger partial charge in [-0.3, -0.25) is 9.36 Å². The zero-order chi connectivity index (χ0) is 25.7. The lowest BCUT2D eigenvalue weighted by molar-refractivity contribution is -0.136. The SMILES string of the molecule is CCOc1ccccc1/C=c1/sc2n(c1=O)[C@@H](c1ccc(OCC)c(OCC)c1)C(C(=O)OC)=CN=2. The van der Waals surface area contributed by atoms with E-state index in [2.05, 4.69) is 4.99 Å². The predicted molar refractivity (Wildman–Crippen MR) is 138 cm³/mol. The van der Waals surface area contributed by atoms with Crippen molar-refractivity contribution < 1.29 is 23.7 Å². The Hall–Kier alpha value is -3.85. The van der Waals surface area contributed by atoms with Crippen molar-refractivity contribution >= 4 is 23.4 Å². The first kappa shape index (κ1) is 25.2. The number of para-hydroxylation sites is 1. The highest BCUT2D eigenvalue weighted by Crippen LogP contribution is 2.35. The molecule has 2 aromatic carbocycles. The standard InChI is InChI=1S/C27H28N2O6S/c1-5-33-20-11-9-8-10-17(20)15-23-25(30)29-24(19(26(31)32-4)16-28-27(29)36-23)18-12-13-21(34-6-2)22(14-18)35-7-3/h8-16,24H,5-7H2,1-4H3/b23-15+/t24-/m0/s1. The molecular weight excluding hydrogens is 480 g/mol. The number of carbonyl (C=O) groups excluding carboxylic acids is 1. The van der Waals surface area contributed by atoms with Crippen molar-refractivity contribution in [2.75, 3.05) is 26.9 Å². The summed E-state index contributed by atoms with van der Waals surface area (Å²) in [7, 11) is 1.31. The van der Waals surface area contributed by atoms with E-state index in [1.165, 1.54) is 29.2 Å². The summed E-state index contributed by atoms with van der Waals surface area (Å²) in [5.74, 6) is 1.24. The third-order valence-corrected chi connectivity index (χ3v) is 6.51. The maximum absolute atomic E-state index is 13.7. The normalized spacial score (nSPS) is 14.9. The minimum Gasteiger partial charge on any atom is -0.493 e. The van der Waals surface area contributed by atoms with E-state index in [1.807, 2.05) is 51.1 Å². The topological polar surface area (TPSA) is 88.3 Å². The lowest BCUT2D eigenvalue weighted by atomic mass is 9.97. The summed E-state index contributed by atoms with van der Waals surface area (Å²) in [5, 5.41) is 0. The summed E-state index contributed by atoms with van der Waals surface area (Å²) in [6, 6.07) is 12.2. The highest BCUT2D eigenvalue weighted by atomic mass is 32.1. The molecule has 8 nitrogen and oxygen atoms in total. The Kier molecular flexibility index (Phi) is 7.90. The third kappa shape index (κ3) is 4.92. The summed E-state index contributed by atoms with van der Waals surface area (Å²) in [5.41, 5.74) is 1.44. The van der Waals surface area contributed by atoms with Gasteiger partial charge < -0.3 is 18.9 Å². The van der Waals surface area contributed by atoms with Gasteiger partial charge in [-0.05, 0) is 50.6 Å². The zero-order valence-corrected chi connectivity index (χ0v) is 21.5. The van der Waals surface area contributed by atoms with Crippen LogP contribution in [0.4, 0.5) is 0 Å². The molecule has 0 aliphatic carbocycles. The molecule has 0 saturated carbocycles. The molecule has 0 fully saturated rings. The van der Waals surface area contributed by atoms with Crippen molar-refractivity contribution in [3.63, 3.8) is 0 Å². The van der Waals surface area contributed by atoms with Gasteiger partial charge in [0.1, 0.15) is 5.75 Å². The molecule has 1 aliphatic heterocycles. The first-order valence-electron chi connectivity index (χ1n) is 11.7. The number of hydrogen-bond donors (Lipinski definition) is 0. The second-order valence-electron chi connectivity index (χ2n) is 7.72. The van der Waals surface area contributed by atoms with Crippen LogP contribution in [-0.4, -0.2) is 37.5 Å². The Balaban J connectivity index is 1.90. The quantitative estimate of drug-likeness (QED) is 0.413. The fourth-order valence-electron chi connectivity index (χ4n) is 4.02. The van der Waals surface area contributed by atoms with Crippen molar-refractivity contribution in [3.8, 4) is 17.2 Å². The highest BCUT2D eigenvalue weighted by Gasteiger charge is 2.31. The minimum atomic E-state index is -0.743. The Morgan fingerprint density at radius 1 is 1.00 bits per heavy atom. The number of benzene rings is 2. The molecule has 36 heavy (non-hydrogen) atoms. The van der Waals surface area contributed by atoms with Crippen molar-refractivity contribution in [1.29, 1.82) is 0 Å². The first-order valence-corrected chi connectivity index (χ1v) is 12.5. The van der Waals surface area contributed by atoms with Crippen molar-refractivity contribution in [2.45, 2.75) is 26.8 Å². The summed E-state index contributed by atoms with van der Waals surface area (Å²) < 4.78 is 24.2. The van der Waals surface area contributed by atoms with Gasteiger partial charge in [-0.25, -0.2) is 9.79 Å². The Morgan fingerprint density at radius 3 is 2.42 bits per heavy atom. The molecule has 2 heterocycles. The molecule has 1 aliphatic rings. The second-order valence-corrected chi connectivity index (χ2v) is 8.73. The molecule has 3 aromatic rings. The van der Waals surface area contributed by atoms with E-state index in [9.17, 15) is 9.59 Å². The number of methoxy groups -OCH3 is 1. The molecule has 0 unspecified atom stereocenters. The number of rotatable bonds is 9. The number of ether oxygens (including phenoxy) is 4. The number of carbonyl (C=O) groups is 1. The van der Waals surface area contributed by atoms with Gasteiger partial charge in [0, 0.05) is 11.8 Å². The van der Waals surface area contributed by atoms with E-state index < -0.39 is 12.0 Å². The maximum atomic E-state index is 13.7. The minimum absolute atomic E-state index is 0.248. The van der Waals surface area contributed by atoms with Crippen molar-refractivity contribution in [2.24, 2.45) is 4.99 Å². The summed E-state index contributed by atoms with van der Waals surface area (Å²) in [6.45, 7) is 7.10. The van der Waals surface area contributed by atoms with Crippen LogP contribution in [0.2, 0.25) is 0 Å². The lowest BCUT2D eigenvalue weighted by Crippen LogP contribution is -2.39. The van der Waals surface area contributed by atoms with E-state index in [0.29, 0.717) is 52.0 Å². The smallest absolute Gasteiger partial charge is 0.337 e. The van der Waals surface area contributed by atoms with Crippen molar-refractivity contribution in [1.82, 2.24) is 4.57 Å². The van der Waals surface area contributed by atoms with Crippen LogP contribution in [0.15, 0.2) is 64.0 Å². The highest BCUT2D eigenvalue weighted by molar-refractivity contribution is 7.07. The Labute approximate surface area is 212 Å². The second kappa shape index (κ2) is 11.3. The molecule has 1 aromatic heterocycles. The van der Waals surface area contributed by atoms with Crippen LogP contribution in [0.25, 0.3) is 6.08 Å². The molecule has 0 radical (unpaired) electrons. The monoisotopic (exact) mass is 508 g/mol. The summed E-state index contributed by atoms with van der Waals surface area (Å²) >= 11 is 1.25. The van der Waals surface area contributed by atoms with Gasteiger partial charge in [-0.1, -0.05) is 35.6 Å². The van der Waals surface area contributed by atoms with Crippen LogP contribution in [0, 0.1) is 0 Å². The van der Waals surface area contributed by atoms with Gasteiger partial charge in [-0.15, -0.1) is 0 Å². The van der Waals surface area contributed by atoms with Crippen LogP contribution >= 0.6 is 11.3 Å². The van der Waals surface area contributed by atoms with E-state index in [1.54, 1.807) is 18.2 Å². The van der Waals surface area contributed by atoms with Crippen LogP contribution in [0.3, 0.4) is 0 Å². The van der Waals surface area contributed by atoms with Gasteiger partial charge in [0.15, 0.2) is 16.3 Å². The third-order valence-electron chi connectivity index (χ3n) is 5.51. The van der Waals surface area contributed by atoms with E-state index in [4.69, 9.17) is 18.9 Å².